The van der Waals surface area contributed by atoms with Gasteiger partial charge in [0, 0.05) is 42.7 Å². The quantitative estimate of drug-likeness (QED) is 0.722. The molecular weight excluding hydrogens is 400 g/mol. The van der Waals surface area contributed by atoms with Gasteiger partial charge in [-0.3, -0.25) is 0 Å². The van der Waals surface area contributed by atoms with Gasteiger partial charge in [0.05, 0.1) is 12.2 Å². The molecule has 0 spiro atoms. The van der Waals surface area contributed by atoms with E-state index in [4.69, 9.17) is 14.2 Å². The van der Waals surface area contributed by atoms with Crippen LogP contribution >= 0.6 is 15.9 Å². The average molecular weight is 427 g/mol. The normalized spacial score (nSPS) is 24.1. The third-order valence-electron chi connectivity index (χ3n) is 4.52. The van der Waals surface area contributed by atoms with Crippen LogP contribution in [0.25, 0.3) is 0 Å². The number of halogens is 1. The van der Waals surface area contributed by atoms with Crippen molar-refractivity contribution in [2.24, 2.45) is 0 Å². The van der Waals surface area contributed by atoms with Crippen molar-refractivity contribution in [3.63, 3.8) is 0 Å². The summed E-state index contributed by atoms with van der Waals surface area (Å²) >= 11 is 3.36. The number of nitrogens with zero attached hydrogens (tertiary/aromatic N) is 2. The van der Waals surface area contributed by atoms with Crippen LogP contribution in [0.4, 0.5) is 4.79 Å². The molecule has 0 aromatic carbocycles. The van der Waals surface area contributed by atoms with E-state index in [1.165, 1.54) is 0 Å². The summed E-state index contributed by atoms with van der Waals surface area (Å²) in [5.74, 6) is 0.655. The monoisotopic (exact) mass is 426 g/mol. The summed E-state index contributed by atoms with van der Waals surface area (Å²) in [4.78, 5) is 18.1. The van der Waals surface area contributed by atoms with E-state index < -0.39 is 5.60 Å². The zero-order valence-corrected chi connectivity index (χ0v) is 17.2. The second-order valence-corrected chi connectivity index (χ2v) is 8.87. The standard InChI is InChI=1S/C19H27BrN2O4/c1-19(2,3)26-18(23)22-8-6-14(7-9-22)24-15-10-16(11-15)25-17-5-4-13(20)12-21-17/h4-5,12,14-16H,6-11H2,1-3H3/t15-,16-. The highest BCUT2D eigenvalue weighted by Crippen LogP contribution is 2.30. The van der Waals surface area contributed by atoms with Crippen LogP contribution in [0.15, 0.2) is 22.8 Å². The first-order valence-corrected chi connectivity index (χ1v) is 9.99. The Morgan fingerprint density at radius 2 is 1.85 bits per heavy atom. The molecule has 2 heterocycles. The summed E-state index contributed by atoms with van der Waals surface area (Å²) in [6.45, 7) is 7.04. The second kappa shape index (κ2) is 8.13. The third kappa shape index (κ3) is 5.58. The first kappa shape index (κ1) is 19.4. The van der Waals surface area contributed by atoms with E-state index >= 15 is 0 Å². The highest BCUT2D eigenvalue weighted by molar-refractivity contribution is 9.10. The lowest BCUT2D eigenvalue weighted by Gasteiger charge is -2.39. The number of aromatic nitrogens is 1. The summed E-state index contributed by atoms with van der Waals surface area (Å²) in [6.07, 6.45) is 5.64. The molecule has 1 saturated heterocycles. The van der Waals surface area contributed by atoms with Crippen molar-refractivity contribution in [2.45, 2.75) is 70.4 Å². The maximum Gasteiger partial charge on any atom is 0.410 e. The zero-order chi connectivity index (χ0) is 18.7. The number of carbonyl (C=O) groups is 1. The van der Waals surface area contributed by atoms with Gasteiger partial charge in [-0.15, -0.1) is 0 Å². The molecule has 7 heteroatoms. The second-order valence-electron chi connectivity index (χ2n) is 7.95. The molecule has 26 heavy (non-hydrogen) atoms. The van der Waals surface area contributed by atoms with Gasteiger partial charge < -0.3 is 19.1 Å². The van der Waals surface area contributed by atoms with Gasteiger partial charge in [-0.05, 0) is 55.6 Å². The van der Waals surface area contributed by atoms with Crippen LogP contribution in [-0.4, -0.2) is 53.0 Å². The van der Waals surface area contributed by atoms with E-state index in [1.807, 2.05) is 32.9 Å². The molecule has 2 aliphatic rings. The lowest BCUT2D eigenvalue weighted by Crippen LogP contribution is -2.46. The number of rotatable bonds is 4. The highest BCUT2D eigenvalue weighted by Gasteiger charge is 2.35. The zero-order valence-electron chi connectivity index (χ0n) is 15.6. The number of hydrogen-bond acceptors (Lipinski definition) is 5. The molecule has 6 nitrogen and oxygen atoms in total. The Morgan fingerprint density at radius 1 is 1.15 bits per heavy atom. The molecule has 1 aromatic heterocycles. The van der Waals surface area contributed by atoms with Crippen LogP contribution in [0.2, 0.25) is 0 Å². The Bertz CT molecular complexity index is 603. The molecule has 0 radical (unpaired) electrons. The predicted molar refractivity (Wildman–Crippen MR) is 101 cm³/mol. The van der Waals surface area contributed by atoms with E-state index in [2.05, 4.69) is 20.9 Å². The summed E-state index contributed by atoms with van der Waals surface area (Å²) in [5, 5.41) is 0. The molecule has 2 fully saturated rings. The minimum atomic E-state index is -0.449. The number of likely N-dealkylation sites (tertiary alicyclic amines) is 1. The molecule has 1 aliphatic heterocycles. The number of amides is 1. The van der Waals surface area contributed by atoms with E-state index in [0.29, 0.717) is 19.0 Å². The van der Waals surface area contributed by atoms with Crippen LogP contribution in [0.1, 0.15) is 46.5 Å². The molecule has 144 valence electrons. The van der Waals surface area contributed by atoms with Gasteiger partial charge in [0.15, 0.2) is 0 Å². The number of hydrogen-bond donors (Lipinski definition) is 0. The SMILES string of the molecule is CC(C)(C)OC(=O)N1CCC(O[C@H]2C[C@H](Oc3ccc(Br)cn3)C2)CC1. The fraction of sp³-hybridized carbons (Fsp3) is 0.684. The van der Waals surface area contributed by atoms with Gasteiger partial charge in [-0.1, -0.05) is 0 Å². The molecule has 0 unspecified atom stereocenters. The Labute approximate surface area is 163 Å². The Balaban J connectivity index is 1.33. The van der Waals surface area contributed by atoms with E-state index in [9.17, 15) is 4.79 Å². The van der Waals surface area contributed by atoms with Gasteiger partial charge in [0.1, 0.15) is 11.7 Å². The highest BCUT2D eigenvalue weighted by atomic mass is 79.9. The summed E-state index contributed by atoms with van der Waals surface area (Å²) in [7, 11) is 0. The first-order valence-electron chi connectivity index (χ1n) is 9.20. The van der Waals surface area contributed by atoms with E-state index in [0.717, 1.165) is 30.2 Å². The van der Waals surface area contributed by atoms with Gasteiger partial charge in [0.2, 0.25) is 5.88 Å². The largest absolute Gasteiger partial charge is 0.474 e. The number of carbonyl (C=O) groups excluding carboxylic acids is 1. The summed E-state index contributed by atoms with van der Waals surface area (Å²) in [5.41, 5.74) is -0.449. The number of piperidine rings is 1. The molecule has 0 N–H and O–H groups in total. The first-order chi connectivity index (χ1) is 12.3. The van der Waals surface area contributed by atoms with Gasteiger partial charge in [-0.2, -0.15) is 0 Å². The third-order valence-corrected chi connectivity index (χ3v) is 4.99. The summed E-state index contributed by atoms with van der Waals surface area (Å²) in [6, 6.07) is 3.79. The number of pyridine rings is 1. The van der Waals surface area contributed by atoms with Crippen LogP contribution in [-0.2, 0) is 9.47 Å². The molecule has 3 rings (SSSR count). The van der Waals surface area contributed by atoms with E-state index in [-0.39, 0.29) is 24.4 Å². The van der Waals surface area contributed by atoms with E-state index in [1.54, 1.807) is 11.1 Å². The average Bonchev–Trinajstić information content (AvgIpc) is 2.54. The van der Waals surface area contributed by atoms with Crippen LogP contribution < -0.4 is 4.74 Å². The van der Waals surface area contributed by atoms with Crippen molar-refractivity contribution in [1.82, 2.24) is 9.88 Å². The Morgan fingerprint density at radius 3 is 2.42 bits per heavy atom. The molecule has 1 aromatic rings. The minimum absolute atomic E-state index is 0.176. The van der Waals surface area contributed by atoms with Gasteiger partial charge in [-0.25, -0.2) is 9.78 Å². The fourth-order valence-corrected chi connectivity index (χ4v) is 3.34. The van der Waals surface area contributed by atoms with Crippen molar-refractivity contribution < 1.29 is 19.0 Å². The topological polar surface area (TPSA) is 60.9 Å². The van der Waals surface area contributed by atoms with Crippen LogP contribution in [0, 0.1) is 0 Å². The minimum Gasteiger partial charge on any atom is -0.474 e. The van der Waals surface area contributed by atoms with Crippen LogP contribution in [0.3, 0.4) is 0 Å². The fourth-order valence-electron chi connectivity index (χ4n) is 3.10. The Kier molecular flexibility index (Phi) is 6.07. The lowest BCUT2D eigenvalue weighted by atomic mass is 9.91. The maximum absolute atomic E-state index is 12.1. The van der Waals surface area contributed by atoms with Crippen molar-refractivity contribution >= 4 is 22.0 Å². The molecular formula is C19H27BrN2O4. The van der Waals surface area contributed by atoms with Crippen molar-refractivity contribution in [1.29, 1.82) is 0 Å². The van der Waals surface area contributed by atoms with Crippen molar-refractivity contribution in [3.8, 4) is 5.88 Å². The predicted octanol–water partition coefficient (Wildman–Crippen LogP) is 4.17. The molecule has 1 saturated carbocycles. The van der Waals surface area contributed by atoms with Gasteiger partial charge >= 0.3 is 6.09 Å². The van der Waals surface area contributed by atoms with Crippen molar-refractivity contribution in [2.75, 3.05) is 13.1 Å². The Hall–Kier alpha value is -1.34. The molecule has 1 aliphatic carbocycles. The molecule has 1 amide bonds. The summed E-state index contributed by atoms with van der Waals surface area (Å²) < 4.78 is 18.4. The lowest BCUT2D eigenvalue weighted by molar-refractivity contribution is -0.110. The van der Waals surface area contributed by atoms with Crippen molar-refractivity contribution in [3.05, 3.63) is 22.8 Å². The molecule has 0 atom stereocenters. The van der Waals surface area contributed by atoms with Crippen LogP contribution in [0.5, 0.6) is 5.88 Å². The number of ether oxygens (including phenoxy) is 3. The maximum atomic E-state index is 12.1. The molecule has 0 bridgehead atoms. The smallest absolute Gasteiger partial charge is 0.410 e. The van der Waals surface area contributed by atoms with Gasteiger partial charge in [0.25, 0.3) is 0 Å².